The van der Waals surface area contributed by atoms with Crippen molar-refractivity contribution in [1.29, 1.82) is 0 Å². The maximum absolute atomic E-state index is 10.8. The number of aromatic carboxylic acids is 1. The summed E-state index contributed by atoms with van der Waals surface area (Å²) in [4.78, 5) is 22.4. The topological polar surface area (TPSA) is 54.4 Å². The van der Waals surface area contributed by atoms with E-state index in [0.29, 0.717) is 17.4 Å². The quantitative estimate of drug-likeness (QED) is 0.614. The van der Waals surface area contributed by atoms with Crippen LogP contribution in [0.4, 0.5) is 0 Å². The number of benzene rings is 1. The van der Waals surface area contributed by atoms with Gasteiger partial charge in [-0.2, -0.15) is 0 Å². The molecule has 74 valence electrons. The van der Waals surface area contributed by atoms with Gasteiger partial charge in [0.2, 0.25) is 0 Å². The monoisotopic (exact) mass is 210 g/mol. The summed E-state index contributed by atoms with van der Waals surface area (Å²) in [6.45, 7) is 1.65. The maximum Gasteiger partial charge on any atom is 0.335 e. The van der Waals surface area contributed by atoms with Crippen LogP contribution in [0.15, 0.2) is 17.0 Å². The zero-order chi connectivity index (χ0) is 10.7. The fraction of sp³-hybridized carbons (Fsp3) is 0.200. The van der Waals surface area contributed by atoms with Crippen molar-refractivity contribution in [3.05, 3.63) is 28.8 Å². The van der Waals surface area contributed by atoms with Crippen LogP contribution < -0.4 is 0 Å². The first kappa shape index (κ1) is 10.8. The largest absolute Gasteiger partial charge is 0.478 e. The molecule has 0 atom stereocenters. The molecule has 4 heteroatoms. The third kappa shape index (κ3) is 1.80. The minimum Gasteiger partial charge on any atom is -0.478 e. The highest BCUT2D eigenvalue weighted by Crippen LogP contribution is 2.24. The molecule has 0 amide bonds. The zero-order valence-corrected chi connectivity index (χ0v) is 8.72. The molecule has 0 aliphatic heterocycles. The van der Waals surface area contributed by atoms with Gasteiger partial charge in [0.25, 0.3) is 0 Å². The van der Waals surface area contributed by atoms with E-state index in [1.807, 2.05) is 6.26 Å². The van der Waals surface area contributed by atoms with Crippen molar-refractivity contribution in [2.75, 3.05) is 6.26 Å². The normalized spacial score (nSPS) is 9.86. The summed E-state index contributed by atoms with van der Waals surface area (Å²) >= 11 is 1.43. The van der Waals surface area contributed by atoms with Gasteiger partial charge in [-0.3, -0.25) is 4.79 Å². The lowest BCUT2D eigenvalue weighted by Gasteiger charge is -2.07. The van der Waals surface area contributed by atoms with E-state index in [4.69, 9.17) is 5.11 Å². The second-order valence-electron chi connectivity index (χ2n) is 2.78. The van der Waals surface area contributed by atoms with Crippen LogP contribution in [-0.2, 0) is 0 Å². The van der Waals surface area contributed by atoms with Crippen molar-refractivity contribution in [1.82, 2.24) is 0 Å². The third-order valence-corrected chi connectivity index (χ3v) is 2.84. The standard InChI is InChI=1S/C10H10O3S/c1-6-7(10(12)13)3-4-9(14-2)8(6)5-11/h3-5H,1-2H3,(H,12,13). The Morgan fingerprint density at radius 2 is 2.14 bits per heavy atom. The Balaban J connectivity index is 3.42. The van der Waals surface area contributed by atoms with Crippen molar-refractivity contribution >= 4 is 24.0 Å². The van der Waals surface area contributed by atoms with Gasteiger partial charge in [0.15, 0.2) is 6.29 Å². The van der Waals surface area contributed by atoms with Crippen molar-refractivity contribution in [2.24, 2.45) is 0 Å². The first-order valence-corrected chi connectivity index (χ1v) is 5.20. The van der Waals surface area contributed by atoms with Gasteiger partial charge in [0, 0.05) is 10.5 Å². The van der Waals surface area contributed by atoms with Crippen molar-refractivity contribution in [3.63, 3.8) is 0 Å². The molecule has 0 spiro atoms. The number of carbonyl (C=O) groups is 2. The summed E-state index contributed by atoms with van der Waals surface area (Å²) in [5, 5.41) is 8.83. The van der Waals surface area contributed by atoms with Crippen LogP contribution in [-0.4, -0.2) is 23.6 Å². The van der Waals surface area contributed by atoms with Gasteiger partial charge in [-0.05, 0) is 30.9 Å². The molecule has 0 aromatic heterocycles. The number of carboxylic acid groups (broad SMARTS) is 1. The molecule has 14 heavy (non-hydrogen) atoms. The highest BCUT2D eigenvalue weighted by atomic mass is 32.2. The number of rotatable bonds is 3. The van der Waals surface area contributed by atoms with E-state index in [-0.39, 0.29) is 5.56 Å². The van der Waals surface area contributed by atoms with Crippen LogP contribution in [0, 0.1) is 6.92 Å². The van der Waals surface area contributed by atoms with E-state index in [0.717, 1.165) is 4.90 Å². The molecule has 0 saturated heterocycles. The van der Waals surface area contributed by atoms with Gasteiger partial charge in [0.05, 0.1) is 5.56 Å². The molecular weight excluding hydrogens is 200 g/mol. The molecule has 1 N–H and O–H groups in total. The van der Waals surface area contributed by atoms with E-state index < -0.39 is 5.97 Å². The third-order valence-electron chi connectivity index (χ3n) is 2.04. The molecular formula is C10H10O3S. The fourth-order valence-corrected chi connectivity index (χ4v) is 1.89. The lowest BCUT2D eigenvalue weighted by Crippen LogP contribution is -2.03. The van der Waals surface area contributed by atoms with Crippen LogP contribution in [0.25, 0.3) is 0 Å². The van der Waals surface area contributed by atoms with Crippen molar-refractivity contribution in [2.45, 2.75) is 11.8 Å². The molecule has 0 saturated carbocycles. The first-order chi connectivity index (χ1) is 6.61. The summed E-state index contributed by atoms with van der Waals surface area (Å²) in [5.74, 6) is -1.00. The molecule has 0 aliphatic carbocycles. The molecule has 0 heterocycles. The van der Waals surface area contributed by atoms with E-state index in [2.05, 4.69) is 0 Å². The Hall–Kier alpha value is -1.29. The van der Waals surface area contributed by atoms with Gasteiger partial charge >= 0.3 is 5.97 Å². The molecule has 0 unspecified atom stereocenters. The van der Waals surface area contributed by atoms with Crippen LogP contribution in [0.2, 0.25) is 0 Å². The SMILES string of the molecule is CSc1ccc(C(=O)O)c(C)c1C=O. The Bertz CT molecular complexity index is 385. The Morgan fingerprint density at radius 3 is 2.57 bits per heavy atom. The summed E-state index contributed by atoms with van der Waals surface area (Å²) in [5.41, 5.74) is 1.18. The van der Waals surface area contributed by atoms with Crippen LogP contribution in [0.3, 0.4) is 0 Å². The van der Waals surface area contributed by atoms with Gasteiger partial charge in [-0.1, -0.05) is 0 Å². The number of thioether (sulfide) groups is 1. The van der Waals surface area contributed by atoms with Gasteiger partial charge < -0.3 is 5.11 Å². The van der Waals surface area contributed by atoms with E-state index >= 15 is 0 Å². The molecule has 0 radical (unpaired) electrons. The highest BCUT2D eigenvalue weighted by Gasteiger charge is 2.12. The summed E-state index contributed by atoms with van der Waals surface area (Å²) in [6.07, 6.45) is 2.55. The zero-order valence-electron chi connectivity index (χ0n) is 7.90. The average molecular weight is 210 g/mol. The van der Waals surface area contributed by atoms with Gasteiger partial charge in [-0.15, -0.1) is 11.8 Å². The smallest absolute Gasteiger partial charge is 0.335 e. The number of carbonyl (C=O) groups excluding carboxylic acids is 1. The van der Waals surface area contributed by atoms with E-state index in [1.165, 1.54) is 17.8 Å². The first-order valence-electron chi connectivity index (χ1n) is 3.98. The fourth-order valence-electron chi connectivity index (χ4n) is 1.26. The number of carboxylic acids is 1. The van der Waals surface area contributed by atoms with Crippen molar-refractivity contribution < 1.29 is 14.7 Å². The number of hydrogen-bond acceptors (Lipinski definition) is 3. The molecule has 1 aromatic carbocycles. The lowest BCUT2D eigenvalue weighted by atomic mass is 10.0. The Labute approximate surface area is 86.1 Å². The predicted molar refractivity (Wildman–Crippen MR) is 55.3 cm³/mol. The highest BCUT2D eigenvalue weighted by molar-refractivity contribution is 7.98. The minimum atomic E-state index is -1.00. The minimum absolute atomic E-state index is 0.185. The van der Waals surface area contributed by atoms with Gasteiger partial charge in [-0.25, -0.2) is 4.79 Å². The second kappa shape index (κ2) is 4.28. The summed E-state index contributed by atoms with van der Waals surface area (Å²) in [7, 11) is 0. The number of aldehydes is 1. The average Bonchev–Trinajstić information content (AvgIpc) is 2.16. The van der Waals surface area contributed by atoms with Crippen LogP contribution in [0.1, 0.15) is 26.3 Å². The lowest BCUT2D eigenvalue weighted by molar-refractivity contribution is 0.0696. The van der Waals surface area contributed by atoms with Crippen LogP contribution >= 0.6 is 11.8 Å². The van der Waals surface area contributed by atoms with E-state index in [1.54, 1.807) is 13.0 Å². The number of hydrogen-bond donors (Lipinski definition) is 1. The summed E-state index contributed by atoms with van der Waals surface area (Å²) in [6, 6.07) is 3.18. The summed E-state index contributed by atoms with van der Waals surface area (Å²) < 4.78 is 0. The maximum atomic E-state index is 10.8. The molecule has 0 aliphatic rings. The van der Waals surface area contributed by atoms with Crippen LogP contribution in [0.5, 0.6) is 0 Å². The molecule has 1 aromatic rings. The Kier molecular flexibility index (Phi) is 3.30. The Morgan fingerprint density at radius 1 is 1.50 bits per heavy atom. The molecule has 0 fully saturated rings. The predicted octanol–water partition coefficient (Wildman–Crippen LogP) is 2.23. The molecule has 3 nitrogen and oxygen atoms in total. The molecule has 1 rings (SSSR count). The molecule has 0 bridgehead atoms. The van der Waals surface area contributed by atoms with Gasteiger partial charge in [0.1, 0.15) is 0 Å². The van der Waals surface area contributed by atoms with Crippen molar-refractivity contribution in [3.8, 4) is 0 Å². The second-order valence-corrected chi connectivity index (χ2v) is 3.63. The van der Waals surface area contributed by atoms with E-state index in [9.17, 15) is 9.59 Å².